The summed E-state index contributed by atoms with van der Waals surface area (Å²) in [6.07, 6.45) is 0.834. The normalized spacial score (nSPS) is 14.5. The maximum Gasteiger partial charge on any atom is 0.317 e. The highest BCUT2D eigenvalue weighted by Crippen LogP contribution is 2.19. The van der Waals surface area contributed by atoms with Crippen molar-refractivity contribution in [3.8, 4) is 0 Å². The Labute approximate surface area is 194 Å². The Balaban J connectivity index is 1.30. The topological polar surface area (TPSA) is 73.7 Å². The third-order valence-electron chi connectivity index (χ3n) is 6.18. The van der Waals surface area contributed by atoms with Crippen molar-refractivity contribution in [1.29, 1.82) is 0 Å². The lowest BCUT2D eigenvalue weighted by atomic mass is 10.1. The number of aryl methyl sites for hydroxylation is 1. The molecule has 1 fully saturated rings. The largest absolute Gasteiger partial charge is 0.345 e. The number of urea groups is 1. The number of hydrogen-bond donors (Lipinski definition) is 1. The van der Waals surface area contributed by atoms with Crippen LogP contribution in [0.25, 0.3) is 11.0 Å². The summed E-state index contributed by atoms with van der Waals surface area (Å²) in [5.74, 6) is 0.933. The Bertz CT molecular complexity index is 1120. The van der Waals surface area contributed by atoms with E-state index in [1.165, 1.54) is 5.56 Å². The first-order valence-electron chi connectivity index (χ1n) is 11.4. The molecule has 33 heavy (non-hydrogen) atoms. The quantitative estimate of drug-likeness (QED) is 0.628. The van der Waals surface area contributed by atoms with Crippen LogP contribution < -0.4 is 5.32 Å². The van der Waals surface area contributed by atoms with Gasteiger partial charge in [-0.25, -0.2) is 9.78 Å². The Hall–Kier alpha value is -3.39. The van der Waals surface area contributed by atoms with Gasteiger partial charge in [0.2, 0.25) is 0 Å². The third-order valence-corrected chi connectivity index (χ3v) is 6.18. The summed E-state index contributed by atoms with van der Waals surface area (Å²) in [4.78, 5) is 35.3. The van der Waals surface area contributed by atoms with Crippen molar-refractivity contribution in [3.63, 3.8) is 0 Å². The molecule has 0 bridgehead atoms. The average molecular weight is 449 g/mol. The highest BCUT2D eigenvalue weighted by molar-refractivity contribution is 5.97. The number of aromatic nitrogens is 2. The first-order valence-corrected chi connectivity index (χ1v) is 11.4. The molecule has 8 heteroatoms. The molecule has 3 aromatic rings. The lowest BCUT2D eigenvalue weighted by Crippen LogP contribution is -2.51. The van der Waals surface area contributed by atoms with Crippen molar-refractivity contribution in [2.24, 2.45) is 7.05 Å². The first-order chi connectivity index (χ1) is 15.9. The minimum Gasteiger partial charge on any atom is -0.345 e. The van der Waals surface area contributed by atoms with Crippen LogP contribution in [0.1, 0.15) is 21.7 Å². The second kappa shape index (κ2) is 10.0. The van der Waals surface area contributed by atoms with Crippen LogP contribution in [0.5, 0.6) is 0 Å². The van der Waals surface area contributed by atoms with Gasteiger partial charge in [0.15, 0.2) is 0 Å². The molecule has 0 atom stereocenters. The van der Waals surface area contributed by atoms with Crippen LogP contribution in [0.2, 0.25) is 0 Å². The third kappa shape index (κ3) is 5.34. The van der Waals surface area contributed by atoms with Crippen molar-refractivity contribution >= 4 is 23.0 Å². The zero-order chi connectivity index (χ0) is 23.4. The van der Waals surface area contributed by atoms with Crippen LogP contribution in [-0.2, 0) is 20.0 Å². The molecule has 1 aliphatic rings. The fourth-order valence-corrected chi connectivity index (χ4v) is 4.16. The van der Waals surface area contributed by atoms with E-state index in [9.17, 15) is 9.59 Å². The molecule has 2 heterocycles. The van der Waals surface area contributed by atoms with Gasteiger partial charge in [-0.1, -0.05) is 30.3 Å². The predicted octanol–water partition coefficient (Wildman–Crippen LogP) is 2.34. The van der Waals surface area contributed by atoms with E-state index in [1.54, 1.807) is 19.0 Å². The molecule has 1 aliphatic heterocycles. The van der Waals surface area contributed by atoms with Gasteiger partial charge >= 0.3 is 6.03 Å². The van der Waals surface area contributed by atoms with E-state index in [0.29, 0.717) is 31.7 Å². The van der Waals surface area contributed by atoms with Gasteiger partial charge in [-0.3, -0.25) is 9.69 Å². The van der Waals surface area contributed by atoms with E-state index >= 15 is 0 Å². The molecule has 1 aromatic heterocycles. The number of piperazine rings is 1. The van der Waals surface area contributed by atoms with Crippen molar-refractivity contribution in [1.82, 2.24) is 29.6 Å². The van der Waals surface area contributed by atoms with E-state index in [1.807, 2.05) is 48.3 Å². The van der Waals surface area contributed by atoms with Crippen molar-refractivity contribution < 1.29 is 9.59 Å². The zero-order valence-corrected chi connectivity index (χ0v) is 19.6. The molecule has 1 N–H and O–H groups in total. The van der Waals surface area contributed by atoms with E-state index in [4.69, 9.17) is 4.98 Å². The van der Waals surface area contributed by atoms with Gasteiger partial charge in [0.25, 0.3) is 5.91 Å². The molecule has 2 aromatic carbocycles. The number of benzene rings is 2. The second-order valence-electron chi connectivity index (χ2n) is 8.72. The molecule has 174 valence electrons. The van der Waals surface area contributed by atoms with E-state index in [2.05, 4.69) is 26.9 Å². The predicted molar refractivity (Wildman–Crippen MR) is 129 cm³/mol. The molecule has 1 saturated heterocycles. The van der Waals surface area contributed by atoms with Crippen molar-refractivity contribution in [3.05, 3.63) is 65.5 Å². The summed E-state index contributed by atoms with van der Waals surface area (Å²) in [5, 5.41) is 3.04. The highest BCUT2D eigenvalue weighted by Gasteiger charge is 2.22. The minimum absolute atomic E-state index is 0.00593. The second-order valence-corrected chi connectivity index (χ2v) is 8.72. The molecular formula is C25H32N6O2. The zero-order valence-electron chi connectivity index (χ0n) is 19.6. The van der Waals surface area contributed by atoms with E-state index in [-0.39, 0.29) is 11.9 Å². The van der Waals surface area contributed by atoms with Gasteiger partial charge in [-0.15, -0.1) is 0 Å². The molecule has 0 saturated carbocycles. The number of fused-ring (bicyclic) bond motifs is 1. The summed E-state index contributed by atoms with van der Waals surface area (Å²) in [6, 6.07) is 15.9. The number of nitrogens with zero attached hydrogens (tertiary/aromatic N) is 5. The van der Waals surface area contributed by atoms with Gasteiger partial charge in [-0.2, -0.15) is 0 Å². The summed E-state index contributed by atoms with van der Waals surface area (Å²) >= 11 is 0. The number of amides is 3. The van der Waals surface area contributed by atoms with E-state index in [0.717, 1.165) is 36.4 Å². The molecule has 0 unspecified atom stereocenters. The average Bonchev–Trinajstić information content (AvgIpc) is 3.14. The maximum absolute atomic E-state index is 12.5. The summed E-state index contributed by atoms with van der Waals surface area (Å²) in [5.41, 5.74) is 3.71. The van der Waals surface area contributed by atoms with Crippen LogP contribution >= 0.6 is 0 Å². The number of nitrogens with one attached hydrogen (secondary N) is 1. The molecule has 0 radical (unpaired) electrons. The molecule has 0 spiro atoms. The van der Waals surface area contributed by atoms with Crippen LogP contribution in [0.4, 0.5) is 4.79 Å². The SMILES string of the molecule is CN(C)C(=O)c1ccc2c(c1)nc(CN1CCN(C(=O)NCCc3ccccc3)CC1)n2C. The van der Waals surface area contributed by atoms with Crippen LogP contribution in [-0.4, -0.2) is 83.0 Å². The van der Waals surface area contributed by atoms with Gasteiger partial charge in [0, 0.05) is 59.4 Å². The fraction of sp³-hybridized carbons (Fsp3) is 0.400. The monoisotopic (exact) mass is 448 g/mol. The minimum atomic E-state index is -0.0257. The number of imidazole rings is 1. The lowest BCUT2D eigenvalue weighted by molar-refractivity contribution is 0.0827. The van der Waals surface area contributed by atoms with Crippen LogP contribution in [0.3, 0.4) is 0 Å². The van der Waals surface area contributed by atoms with Crippen molar-refractivity contribution in [2.75, 3.05) is 46.8 Å². The van der Waals surface area contributed by atoms with Crippen LogP contribution in [0, 0.1) is 0 Å². The van der Waals surface area contributed by atoms with Gasteiger partial charge < -0.3 is 19.7 Å². The Kier molecular flexibility index (Phi) is 6.93. The molecule has 4 rings (SSSR count). The smallest absolute Gasteiger partial charge is 0.317 e. The molecule has 8 nitrogen and oxygen atoms in total. The first kappa shape index (κ1) is 22.8. The number of carbonyl (C=O) groups excluding carboxylic acids is 2. The van der Waals surface area contributed by atoms with E-state index < -0.39 is 0 Å². The fourth-order valence-electron chi connectivity index (χ4n) is 4.16. The summed E-state index contributed by atoms with van der Waals surface area (Å²) in [7, 11) is 5.51. The molecule has 0 aliphatic carbocycles. The number of carbonyl (C=O) groups is 2. The Morgan fingerprint density at radius 1 is 1.03 bits per heavy atom. The lowest BCUT2D eigenvalue weighted by Gasteiger charge is -2.34. The summed E-state index contributed by atoms with van der Waals surface area (Å²) < 4.78 is 2.09. The van der Waals surface area contributed by atoms with Gasteiger partial charge in [-0.05, 0) is 30.2 Å². The molecule has 3 amide bonds. The number of hydrogen-bond acceptors (Lipinski definition) is 4. The van der Waals surface area contributed by atoms with Gasteiger partial charge in [0.05, 0.1) is 17.6 Å². The highest BCUT2D eigenvalue weighted by atomic mass is 16.2. The van der Waals surface area contributed by atoms with Crippen LogP contribution in [0.15, 0.2) is 48.5 Å². The standard InChI is InChI=1S/C25H32N6O2/c1-28(2)24(32)20-9-10-22-21(17-20)27-23(29(22)3)18-30-13-15-31(16-14-30)25(33)26-12-11-19-7-5-4-6-8-19/h4-10,17H,11-16,18H2,1-3H3,(H,26,33). The van der Waals surface area contributed by atoms with Gasteiger partial charge in [0.1, 0.15) is 5.82 Å². The Morgan fingerprint density at radius 2 is 1.76 bits per heavy atom. The number of rotatable bonds is 6. The molecular weight excluding hydrogens is 416 g/mol. The summed E-state index contributed by atoms with van der Waals surface area (Å²) in [6.45, 7) is 4.36. The van der Waals surface area contributed by atoms with Crippen molar-refractivity contribution in [2.45, 2.75) is 13.0 Å². The Morgan fingerprint density at radius 3 is 2.45 bits per heavy atom. The maximum atomic E-state index is 12.5.